The SMILES string of the molecule is CC1(C(=O)N2CCC[C@@H](c3nc(-c4ccc(C(=O)Nc5cc(C#N)ccn5)cc4)c4c(N)nccn34)C2)COC1. The molecule has 0 spiro atoms. The Kier molecular flexibility index (Phi) is 6.40. The maximum Gasteiger partial charge on any atom is 0.256 e. The van der Waals surface area contributed by atoms with Gasteiger partial charge >= 0.3 is 0 Å². The van der Waals surface area contributed by atoms with Gasteiger partial charge in [-0.3, -0.25) is 14.0 Å². The van der Waals surface area contributed by atoms with Gasteiger partial charge in [-0.15, -0.1) is 0 Å². The summed E-state index contributed by atoms with van der Waals surface area (Å²) in [5.41, 5.74) is 8.87. The predicted molar refractivity (Wildman–Crippen MR) is 147 cm³/mol. The van der Waals surface area contributed by atoms with Crippen LogP contribution in [0.25, 0.3) is 16.8 Å². The van der Waals surface area contributed by atoms with Crippen molar-refractivity contribution >= 4 is 29.0 Å². The van der Waals surface area contributed by atoms with E-state index in [1.54, 1.807) is 24.4 Å². The van der Waals surface area contributed by atoms with E-state index in [1.165, 1.54) is 12.3 Å². The van der Waals surface area contributed by atoms with Gasteiger partial charge in [0.15, 0.2) is 0 Å². The van der Waals surface area contributed by atoms with Gasteiger partial charge in [-0.05, 0) is 44.0 Å². The van der Waals surface area contributed by atoms with Crippen molar-refractivity contribution in [2.75, 3.05) is 37.4 Å². The molecule has 5 heterocycles. The Balaban J connectivity index is 1.28. The summed E-state index contributed by atoms with van der Waals surface area (Å²) >= 11 is 0. The number of anilines is 2. The lowest BCUT2D eigenvalue weighted by molar-refractivity contribution is -0.169. The number of nitrogens with zero attached hydrogens (tertiary/aromatic N) is 6. The van der Waals surface area contributed by atoms with Gasteiger partial charge in [-0.1, -0.05) is 12.1 Å². The van der Waals surface area contributed by atoms with Crippen LogP contribution in [0, 0.1) is 16.7 Å². The van der Waals surface area contributed by atoms with E-state index in [-0.39, 0.29) is 17.7 Å². The van der Waals surface area contributed by atoms with Crippen molar-refractivity contribution in [3.63, 3.8) is 0 Å². The molecule has 2 fully saturated rings. The van der Waals surface area contributed by atoms with E-state index in [9.17, 15) is 9.59 Å². The largest absolute Gasteiger partial charge is 0.382 e. The summed E-state index contributed by atoms with van der Waals surface area (Å²) < 4.78 is 7.29. The molecule has 6 rings (SSSR count). The van der Waals surface area contributed by atoms with Gasteiger partial charge in [0.25, 0.3) is 5.91 Å². The van der Waals surface area contributed by atoms with Gasteiger partial charge < -0.3 is 20.7 Å². The summed E-state index contributed by atoms with van der Waals surface area (Å²) in [6.07, 6.45) is 6.76. The second kappa shape index (κ2) is 10.1. The number of aromatic nitrogens is 4. The molecule has 2 saturated heterocycles. The zero-order valence-corrected chi connectivity index (χ0v) is 22.0. The Morgan fingerprint density at radius 2 is 1.98 bits per heavy atom. The first kappa shape index (κ1) is 25.5. The van der Waals surface area contributed by atoms with Crippen LogP contribution < -0.4 is 11.1 Å². The number of amides is 2. The molecule has 0 aliphatic carbocycles. The van der Waals surface area contributed by atoms with Crippen molar-refractivity contribution in [2.45, 2.75) is 25.7 Å². The van der Waals surface area contributed by atoms with Crippen LogP contribution >= 0.6 is 0 Å². The highest BCUT2D eigenvalue weighted by atomic mass is 16.5. The number of pyridine rings is 1. The van der Waals surface area contributed by atoms with E-state index in [2.05, 4.69) is 15.3 Å². The minimum atomic E-state index is -0.446. The number of fused-ring (bicyclic) bond motifs is 1. The predicted octanol–water partition coefficient (Wildman–Crippen LogP) is 3.24. The molecule has 0 radical (unpaired) electrons. The highest BCUT2D eigenvalue weighted by Crippen LogP contribution is 2.36. The van der Waals surface area contributed by atoms with E-state index in [4.69, 9.17) is 20.7 Å². The van der Waals surface area contributed by atoms with Crippen molar-refractivity contribution in [2.24, 2.45) is 5.41 Å². The highest BCUT2D eigenvalue weighted by Gasteiger charge is 2.44. The van der Waals surface area contributed by atoms with Gasteiger partial charge in [0.1, 0.15) is 28.7 Å². The van der Waals surface area contributed by atoms with Crippen LogP contribution in [0.1, 0.15) is 47.4 Å². The Hall–Kier alpha value is -4.82. The van der Waals surface area contributed by atoms with Crippen LogP contribution in [0.3, 0.4) is 0 Å². The molecule has 1 aromatic carbocycles. The molecule has 2 amide bonds. The number of nitrogen functional groups attached to an aromatic ring is 1. The molecule has 1 atom stereocenters. The highest BCUT2D eigenvalue weighted by molar-refractivity contribution is 6.04. The van der Waals surface area contributed by atoms with Crippen LogP contribution in [0.15, 0.2) is 55.0 Å². The number of hydrogen-bond donors (Lipinski definition) is 2. The third-order valence-electron chi connectivity index (χ3n) is 7.59. The number of likely N-dealkylation sites (tertiary alicyclic amines) is 1. The molecule has 11 nitrogen and oxygen atoms in total. The lowest BCUT2D eigenvalue weighted by Crippen LogP contribution is -2.55. The van der Waals surface area contributed by atoms with Gasteiger partial charge in [-0.25, -0.2) is 15.0 Å². The number of benzene rings is 1. The maximum absolute atomic E-state index is 13.2. The van der Waals surface area contributed by atoms with Crippen LogP contribution in [0.2, 0.25) is 0 Å². The number of imidazole rings is 1. The lowest BCUT2D eigenvalue weighted by atomic mass is 9.85. The molecular formula is C29H28N8O3. The fraction of sp³-hybridized carbons (Fsp3) is 0.310. The number of carbonyl (C=O) groups excluding carboxylic acids is 2. The number of nitriles is 1. The van der Waals surface area contributed by atoms with Gasteiger partial charge in [-0.2, -0.15) is 5.26 Å². The van der Waals surface area contributed by atoms with Crippen molar-refractivity contribution in [3.8, 4) is 17.3 Å². The molecule has 0 unspecified atom stereocenters. The minimum Gasteiger partial charge on any atom is -0.382 e. The van der Waals surface area contributed by atoms with Crippen LogP contribution in [0.4, 0.5) is 11.6 Å². The number of hydrogen-bond acceptors (Lipinski definition) is 8. The number of nitrogens with two attached hydrogens (primary N) is 1. The van der Waals surface area contributed by atoms with E-state index >= 15 is 0 Å². The second-order valence-corrected chi connectivity index (χ2v) is 10.6. The van der Waals surface area contributed by atoms with Crippen molar-refractivity contribution < 1.29 is 14.3 Å². The first-order valence-electron chi connectivity index (χ1n) is 13.1. The van der Waals surface area contributed by atoms with Crippen LogP contribution in [-0.4, -0.2) is 62.4 Å². The maximum atomic E-state index is 13.2. The van der Waals surface area contributed by atoms with Crippen molar-refractivity contribution in [1.82, 2.24) is 24.3 Å². The monoisotopic (exact) mass is 536 g/mol. The molecule has 0 bridgehead atoms. The molecule has 3 N–H and O–H groups in total. The average Bonchev–Trinajstić information content (AvgIpc) is 3.37. The normalized spacial score (nSPS) is 18.1. The molecule has 0 saturated carbocycles. The zero-order valence-electron chi connectivity index (χ0n) is 22.0. The van der Waals surface area contributed by atoms with Gasteiger partial charge in [0.05, 0.1) is 30.3 Å². The number of carbonyl (C=O) groups is 2. The molecule has 11 heteroatoms. The fourth-order valence-electron chi connectivity index (χ4n) is 5.40. The topological polar surface area (TPSA) is 152 Å². The smallest absolute Gasteiger partial charge is 0.256 e. The summed E-state index contributed by atoms with van der Waals surface area (Å²) in [4.78, 5) is 41.4. The number of piperidine rings is 1. The summed E-state index contributed by atoms with van der Waals surface area (Å²) in [5.74, 6) is 1.31. The van der Waals surface area contributed by atoms with Crippen molar-refractivity contribution in [3.05, 3.63) is 71.9 Å². The molecule has 202 valence electrons. The number of rotatable bonds is 5. The Morgan fingerprint density at radius 3 is 2.70 bits per heavy atom. The average molecular weight is 537 g/mol. The third-order valence-corrected chi connectivity index (χ3v) is 7.59. The number of nitrogens with one attached hydrogen (secondary N) is 1. The van der Waals surface area contributed by atoms with Gasteiger partial charge in [0.2, 0.25) is 5.91 Å². The molecule has 2 aliphatic heterocycles. The van der Waals surface area contributed by atoms with E-state index in [0.717, 1.165) is 30.8 Å². The summed E-state index contributed by atoms with van der Waals surface area (Å²) in [6.45, 7) is 4.19. The Morgan fingerprint density at radius 1 is 1.18 bits per heavy atom. The minimum absolute atomic E-state index is 0.0343. The molecule has 2 aliphatic rings. The summed E-state index contributed by atoms with van der Waals surface area (Å²) in [7, 11) is 0. The van der Waals surface area contributed by atoms with Crippen molar-refractivity contribution in [1.29, 1.82) is 5.26 Å². The van der Waals surface area contributed by atoms with Crippen LogP contribution in [0.5, 0.6) is 0 Å². The van der Waals surface area contributed by atoms with Crippen LogP contribution in [-0.2, 0) is 9.53 Å². The summed E-state index contributed by atoms with van der Waals surface area (Å²) in [5, 5.41) is 11.8. The van der Waals surface area contributed by atoms with E-state index in [1.807, 2.05) is 40.6 Å². The third kappa shape index (κ3) is 4.52. The number of ether oxygens (including phenoxy) is 1. The Bertz CT molecular complexity index is 1650. The van der Waals surface area contributed by atoms with E-state index in [0.29, 0.717) is 53.7 Å². The lowest BCUT2D eigenvalue weighted by Gasteiger charge is -2.42. The standard InChI is InChI=1S/C29H28N8O3/c1-29(16-40-17-29)28(39)36-11-2-3-21(15-36)26-35-23(24-25(31)33-10-12-37(24)26)19-4-6-20(7-5-19)27(38)34-22-13-18(14-30)8-9-32-22/h4-10,12-13,21H,2-3,11,15-17H2,1H3,(H2,31,33)(H,32,34,38)/t21-/m1/s1. The Labute approximate surface area is 230 Å². The summed E-state index contributed by atoms with van der Waals surface area (Å²) in [6, 6.07) is 12.2. The molecule has 4 aromatic rings. The van der Waals surface area contributed by atoms with E-state index < -0.39 is 5.41 Å². The quantitative estimate of drug-likeness (QED) is 0.394. The molecule has 3 aromatic heterocycles. The zero-order chi connectivity index (χ0) is 27.9. The first-order valence-corrected chi connectivity index (χ1v) is 13.1. The second-order valence-electron chi connectivity index (χ2n) is 10.6. The van der Waals surface area contributed by atoms with Gasteiger partial charge in [0, 0.05) is 48.7 Å². The molecule has 40 heavy (non-hydrogen) atoms. The molecular weight excluding hydrogens is 508 g/mol. The fourth-order valence-corrected chi connectivity index (χ4v) is 5.40. The first-order chi connectivity index (χ1) is 19.4.